The first-order chi connectivity index (χ1) is 7.58. The van der Waals surface area contributed by atoms with Gasteiger partial charge in [0.05, 0.1) is 17.8 Å². The molecule has 5 heteroatoms. The molecule has 1 aromatic carbocycles. The van der Waals surface area contributed by atoms with Crippen molar-refractivity contribution in [3.63, 3.8) is 0 Å². The summed E-state index contributed by atoms with van der Waals surface area (Å²) in [5.41, 5.74) is 0.215. The van der Waals surface area contributed by atoms with Gasteiger partial charge in [-0.05, 0) is 41.3 Å². The molecule has 1 saturated carbocycles. The topological polar surface area (TPSA) is 32.3 Å². The molecule has 16 heavy (non-hydrogen) atoms. The number of benzene rings is 1. The second-order valence-corrected chi connectivity index (χ2v) is 4.85. The normalized spacial score (nSPS) is 24.8. The van der Waals surface area contributed by atoms with Crippen LogP contribution in [0.5, 0.6) is 0 Å². The van der Waals surface area contributed by atoms with Gasteiger partial charge in [-0.2, -0.15) is 0 Å². The molecule has 2 N–H and O–H groups in total. The highest BCUT2D eigenvalue weighted by Gasteiger charge is 2.26. The van der Waals surface area contributed by atoms with E-state index in [0.717, 1.165) is 25.3 Å². The molecule has 1 aliphatic carbocycles. The van der Waals surface area contributed by atoms with Crippen LogP contribution in [0.4, 0.5) is 14.5 Å². The van der Waals surface area contributed by atoms with Gasteiger partial charge in [-0.3, -0.25) is 0 Å². The predicted molar refractivity (Wildman–Crippen MR) is 61.3 cm³/mol. The van der Waals surface area contributed by atoms with Crippen molar-refractivity contribution in [3.8, 4) is 0 Å². The van der Waals surface area contributed by atoms with Crippen LogP contribution >= 0.6 is 15.9 Å². The van der Waals surface area contributed by atoms with Gasteiger partial charge in [0.25, 0.3) is 0 Å². The standard InChI is InChI=1S/C11H12BrF2NO/c12-7-4-6(13)5-8(14)11(7)15-9-2-1-3-10(9)16/h4-5,9-10,15-16H,1-3H2. The fourth-order valence-corrected chi connectivity index (χ4v) is 2.50. The van der Waals surface area contributed by atoms with Gasteiger partial charge in [-0.25, -0.2) is 8.78 Å². The van der Waals surface area contributed by atoms with E-state index in [4.69, 9.17) is 0 Å². The molecule has 1 aliphatic rings. The van der Waals surface area contributed by atoms with Gasteiger partial charge in [-0.15, -0.1) is 0 Å². The highest BCUT2D eigenvalue weighted by atomic mass is 79.9. The summed E-state index contributed by atoms with van der Waals surface area (Å²) in [7, 11) is 0. The Balaban J connectivity index is 2.21. The maximum absolute atomic E-state index is 13.5. The zero-order valence-electron chi connectivity index (χ0n) is 8.51. The van der Waals surface area contributed by atoms with Gasteiger partial charge in [0.1, 0.15) is 11.6 Å². The summed E-state index contributed by atoms with van der Waals surface area (Å²) in [5, 5.41) is 12.5. The van der Waals surface area contributed by atoms with Crippen molar-refractivity contribution in [1.29, 1.82) is 0 Å². The second-order valence-electron chi connectivity index (χ2n) is 3.99. The van der Waals surface area contributed by atoms with E-state index in [1.54, 1.807) is 0 Å². The first-order valence-corrected chi connectivity index (χ1v) is 5.96. The van der Waals surface area contributed by atoms with E-state index in [1.165, 1.54) is 6.07 Å². The molecule has 0 radical (unpaired) electrons. The third-order valence-corrected chi connectivity index (χ3v) is 3.44. The van der Waals surface area contributed by atoms with E-state index in [0.29, 0.717) is 4.47 Å². The summed E-state index contributed by atoms with van der Waals surface area (Å²) in [4.78, 5) is 0. The SMILES string of the molecule is OC1CCCC1Nc1c(F)cc(F)cc1Br. The molecule has 1 fully saturated rings. The average Bonchev–Trinajstić information content (AvgIpc) is 2.57. The number of hydrogen-bond acceptors (Lipinski definition) is 2. The van der Waals surface area contributed by atoms with Crippen LogP contribution in [-0.2, 0) is 0 Å². The van der Waals surface area contributed by atoms with E-state index >= 15 is 0 Å². The Kier molecular flexibility index (Phi) is 3.44. The quantitative estimate of drug-likeness (QED) is 0.878. The van der Waals surface area contributed by atoms with E-state index in [9.17, 15) is 13.9 Å². The van der Waals surface area contributed by atoms with Crippen molar-refractivity contribution in [1.82, 2.24) is 0 Å². The van der Waals surface area contributed by atoms with Gasteiger partial charge in [0.15, 0.2) is 0 Å². The summed E-state index contributed by atoms with van der Waals surface area (Å²) in [6.45, 7) is 0. The molecule has 2 unspecified atom stereocenters. The highest BCUT2D eigenvalue weighted by Crippen LogP contribution is 2.30. The van der Waals surface area contributed by atoms with Crippen molar-refractivity contribution in [3.05, 3.63) is 28.2 Å². The number of anilines is 1. The van der Waals surface area contributed by atoms with Crippen molar-refractivity contribution in [2.45, 2.75) is 31.4 Å². The number of aliphatic hydroxyl groups excluding tert-OH is 1. The lowest BCUT2D eigenvalue weighted by Crippen LogP contribution is -2.28. The molecule has 2 rings (SSSR count). The Hall–Kier alpha value is -0.680. The van der Waals surface area contributed by atoms with Crippen LogP contribution in [0.25, 0.3) is 0 Å². The molecule has 2 nitrogen and oxygen atoms in total. The van der Waals surface area contributed by atoms with Gasteiger partial charge < -0.3 is 10.4 Å². The molecule has 0 heterocycles. The highest BCUT2D eigenvalue weighted by molar-refractivity contribution is 9.10. The first-order valence-electron chi connectivity index (χ1n) is 5.17. The molecule has 1 aromatic rings. The summed E-state index contributed by atoms with van der Waals surface area (Å²) in [6, 6.07) is 1.87. The predicted octanol–water partition coefficient (Wildman–Crippen LogP) is 3.05. The van der Waals surface area contributed by atoms with Gasteiger partial charge in [0, 0.05) is 10.5 Å². The molecular formula is C11H12BrF2NO. The van der Waals surface area contributed by atoms with Crippen LogP contribution in [0, 0.1) is 11.6 Å². The van der Waals surface area contributed by atoms with E-state index in [2.05, 4.69) is 21.2 Å². The smallest absolute Gasteiger partial charge is 0.150 e. The van der Waals surface area contributed by atoms with E-state index in [-0.39, 0.29) is 11.7 Å². The molecule has 2 atom stereocenters. The monoisotopic (exact) mass is 291 g/mol. The van der Waals surface area contributed by atoms with Crippen LogP contribution in [0.1, 0.15) is 19.3 Å². The minimum absolute atomic E-state index is 0.156. The van der Waals surface area contributed by atoms with Gasteiger partial charge in [-0.1, -0.05) is 0 Å². The lowest BCUT2D eigenvalue weighted by Gasteiger charge is -2.19. The summed E-state index contributed by atoms with van der Waals surface area (Å²) >= 11 is 3.10. The minimum Gasteiger partial charge on any atom is -0.391 e. The Morgan fingerprint density at radius 1 is 1.31 bits per heavy atom. The molecule has 0 saturated heterocycles. The maximum Gasteiger partial charge on any atom is 0.150 e. The molecule has 88 valence electrons. The Labute approximate surface area is 101 Å². The third-order valence-electron chi connectivity index (χ3n) is 2.82. The Morgan fingerprint density at radius 3 is 2.62 bits per heavy atom. The van der Waals surface area contributed by atoms with Gasteiger partial charge >= 0.3 is 0 Å². The molecule has 0 amide bonds. The lowest BCUT2D eigenvalue weighted by atomic mass is 10.2. The zero-order valence-corrected chi connectivity index (χ0v) is 10.1. The van der Waals surface area contributed by atoms with Crippen LogP contribution in [0.3, 0.4) is 0 Å². The van der Waals surface area contributed by atoms with Gasteiger partial charge in [0.2, 0.25) is 0 Å². The first kappa shape index (κ1) is 11.8. The molecule has 0 spiro atoms. The number of aliphatic hydroxyl groups is 1. The summed E-state index contributed by atoms with van der Waals surface area (Å²) < 4.78 is 26.7. The van der Waals surface area contributed by atoms with Crippen LogP contribution < -0.4 is 5.32 Å². The minimum atomic E-state index is -0.647. The summed E-state index contributed by atoms with van der Waals surface area (Å²) in [5.74, 6) is -1.27. The number of rotatable bonds is 2. The molecule has 0 aliphatic heterocycles. The fraction of sp³-hybridized carbons (Fsp3) is 0.455. The molecule has 0 bridgehead atoms. The number of halogens is 3. The van der Waals surface area contributed by atoms with Crippen molar-refractivity contribution in [2.24, 2.45) is 0 Å². The zero-order chi connectivity index (χ0) is 11.7. The van der Waals surface area contributed by atoms with Crippen LogP contribution in [0.2, 0.25) is 0 Å². The van der Waals surface area contributed by atoms with Crippen molar-refractivity contribution >= 4 is 21.6 Å². The largest absolute Gasteiger partial charge is 0.391 e. The maximum atomic E-state index is 13.5. The van der Waals surface area contributed by atoms with Crippen molar-refractivity contribution < 1.29 is 13.9 Å². The lowest BCUT2D eigenvalue weighted by molar-refractivity contribution is 0.171. The Bertz CT molecular complexity index is 377. The number of nitrogens with one attached hydrogen (secondary N) is 1. The van der Waals surface area contributed by atoms with Crippen LogP contribution in [0.15, 0.2) is 16.6 Å². The van der Waals surface area contributed by atoms with Crippen molar-refractivity contribution in [2.75, 3.05) is 5.32 Å². The van der Waals surface area contributed by atoms with Crippen LogP contribution in [-0.4, -0.2) is 17.3 Å². The fourth-order valence-electron chi connectivity index (χ4n) is 1.97. The number of hydrogen-bond donors (Lipinski definition) is 2. The summed E-state index contributed by atoms with van der Waals surface area (Å²) in [6.07, 6.45) is 1.97. The average molecular weight is 292 g/mol. The second kappa shape index (κ2) is 4.67. The molecule has 0 aromatic heterocycles. The molecular weight excluding hydrogens is 280 g/mol. The van der Waals surface area contributed by atoms with E-state index in [1.807, 2.05) is 0 Å². The third kappa shape index (κ3) is 2.35. The Morgan fingerprint density at radius 2 is 2.06 bits per heavy atom. The van der Waals surface area contributed by atoms with E-state index < -0.39 is 17.7 Å².